The van der Waals surface area contributed by atoms with Gasteiger partial charge in [-0.05, 0) is 34.4 Å². The van der Waals surface area contributed by atoms with Crippen LogP contribution in [0.3, 0.4) is 0 Å². The van der Waals surface area contributed by atoms with Crippen LogP contribution in [0, 0.1) is 0 Å². The normalized spacial score (nSPS) is 21.4. The Morgan fingerprint density at radius 1 is 0.897 bits per heavy atom. The Morgan fingerprint density at radius 2 is 1.48 bits per heavy atom. The summed E-state index contributed by atoms with van der Waals surface area (Å²) in [4.78, 5) is 29.6. The highest BCUT2D eigenvalue weighted by Gasteiger charge is 2.62. The largest absolute Gasteiger partial charge is 0.314 e. The number of para-hydroxylation sites is 1. The fourth-order valence-electron chi connectivity index (χ4n) is 5.54. The minimum atomic E-state index is -2.00. The van der Waals surface area contributed by atoms with Gasteiger partial charge in [-0.15, -0.1) is 0 Å². The summed E-state index contributed by atoms with van der Waals surface area (Å²) in [7, 11) is -0.201. The molecule has 0 fully saturated rings. The van der Waals surface area contributed by atoms with Crippen molar-refractivity contribution < 1.29 is 9.59 Å². The Kier molecular flexibility index (Phi) is 4.86. The standard InChI is InChI=1S/C25H29NO2Si/c1-5-29(6-2,7-3)22-19(18-13-9-8-10-14-18)17-25(23(22)27)20-15-11-12-16-21(20)26(4)24(25)28/h8-16H,5-7,17H2,1-4H3/t25-/m1/s1. The number of allylic oxidation sites excluding steroid dienone is 2. The molecule has 0 saturated heterocycles. The van der Waals surface area contributed by atoms with E-state index in [-0.39, 0.29) is 11.7 Å². The number of carbonyl (C=O) groups excluding carboxylic acids is 2. The zero-order chi connectivity index (χ0) is 20.8. The van der Waals surface area contributed by atoms with Gasteiger partial charge in [0.1, 0.15) is 5.41 Å². The Balaban J connectivity index is 2.00. The fourth-order valence-corrected chi connectivity index (χ4v) is 9.67. The molecule has 4 heteroatoms. The van der Waals surface area contributed by atoms with Crippen molar-refractivity contribution in [3.8, 4) is 0 Å². The molecule has 1 heterocycles. The average molecular weight is 404 g/mol. The maximum atomic E-state index is 14.3. The van der Waals surface area contributed by atoms with Gasteiger partial charge in [0.25, 0.3) is 0 Å². The third kappa shape index (κ3) is 2.55. The Labute approximate surface area is 174 Å². The van der Waals surface area contributed by atoms with Crippen molar-refractivity contribution in [2.24, 2.45) is 0 Å². The number of rotatable bonds is 5. The van der Waals surface area contributed by atoms with Gasteiger partial charge in [0.2, 0.25) is 5.91 Å². The summed E-state index contributed by atoms with van der Waals surface area (Å²) in [6.07, 6.45) is 0.486. The fraction of sp³-hybridized carbons (Fsp3) is 0.360. The van der Waals surface area contributed by atoms with Crippen molar-refractivity contribution >= 4 is 31.0 Å². The highest BCUT2D eigenvalue weighted by molar-refractivity contribution is 6.92. The van der Waals surface area contributed by atoms with E-state index in [1.165, 1.54) is 0 Å². The Hall–Kier alpha value is -2.46. The second kappa shape index (κ2) is 7.10. The molecule has 2 aromatic carbocycles. The van der Waals surface area contributed by atoms with Crippen molar-refractivity contribution in [1.82, 2.24) is 0 Å². The molecule has 3 nitrogen and oxygen atoms in total. The van der Waals surface area contributed by atoms with E-state index in [4.69, 9.17) is 0 Å². The third-order valence-corrected chi connectivity index (χ3v) is 13.1. The van der Waals surface area contributed by atoms with E-state index in [1.807, 2.05) is 42.5 Å². The Bertz CT molecular complexity index is 998. The number of Topliss-reactive ketones (excluding diaryl/α,β-unsaturated/α-hetero) is 1. The summed E-state index contributed by atoms with van der Waals surface area (Å²) in [6.45, 7) is 6.68. The predicted molar refractivity (Wildman–Crippen MR) is 122 cm³/mol. The molecular formula is C25H29NO2Si. The summed E-state index contributed by atoms with van der Waals surface area (Å²) in [6, 6.07) is 21.2. The van der Waals surface area contributed by atoms with E-state index >= 15 is 0 Å². The van der Waals surface area contributed by atoms with E-state index in [0.29, 0.717) is 6.42 Å². The summed E-state index contributed by atoms with van der Waals surface area (Å²) in [5.74, 6) is 0.00806. The first-order valence-corrected chi connectivity index (χ1v) is 13.3. The van der Waals surface area contributed by atoms with Crippen molar-refractivity contribution in [1.29, 1.82) is 0 Å². The van der Waals surface area contributed by atoms with Crippen molar-refractivity contribution in [3.63, 3.8) is 0 Å². The second-order valence-corrected chi connectivity index (χ2v) is 13.5. The molecule has 1 aliphatic heterocycles. The van der Waals surface area contributed by atoms with Crippen molar-refractivity contribution in [3.05, 3.63) is 70.9 Å². The van der Waals surface area contributed by atoms with Gasteiger partial charge in [0, 0.05) is 12.7 Å². The van der Waals surface area contributed by atoms with Crippen molar-refractivity contribution in [2.75, 3.05) is 11.9 Å². The monoisotopic (exact) mass is 403 g/mol. The zero-order valence-electron chi connectivity index (χ0n) is 17.8. The maximum Gasteiger partial charge on any atom is 0.245 e. The SMILES string of the molecule is CC[Si](CC)(CC)C1=C(c2ccccc2)C[C@@]2(C1=O)C(=O)N(C)c1ccccc12. The number of carbonyl (C=O) groups is 2. The number of hydrogen-bond donors (Lipinski definition) is 0. The molecule has 2 aromatic rings. The first-order valence-electron chi connectivity index (χ1n) is 10.7. The lowest BCUT2D eigenvalue weighted by molar-refractivity contribution is -0.130. The van der Waals surface area contributed by atoms with Crippen molar-refractivity contribution in [2.45, 2.75) is 50.7 Å². The van der Waals surface area contributed by atoms with Crippen LogP contribution in [-0.4, -0.2) is 26.8 Å². The summed E-state index contributed by atoms with van der Waals surface area (Å²) in [5.41, 5.74) is 2.89. The lowest BCUT2D eigenvalue weighted by Crippen LogP contribution is -2.47. The quantitative estimate of drug-likeness (QED) is 0.497. The van der Waals surface area contributed by atoms with Gasteiger partial charge in [0.15, 0.2) is 5.78 Å². The smallest absolute Gasteiger partial charge is 0.245 e. The topological polar surface area (TPSA) is 37.4 Å². The number of hydrogen-bond acceptors (Lipinski definition) is 2. The zero-order valence-corrected chi connectivity index (χ0v) is 18.8. The van der Waals surface area contributed by atoms with Crippen LogP contribution in [0.2, 0.25) is 18.1 Å². The van der Waals surface area contributed by atoms with Crippen LogP contribution in [0.1, 0.15) is 38.3 Å². The molecule has 1 spiro atoms. The molecule has 0 bridgehead atoms. The molecule has 150 valence electrons. The molecule has 1 atom stereocenters. The molecule has 0 aromatic heterocycles. The minimum Gasteiger partial charge on any atom is -0.314 e. The van der Waals surface area contributed by atoms with E-state index in [0.717, 1.165) is 45.7 Å². The van der Waals surface area contributed by atoms with Crippen LogP contribution in [0.4, 0.5) is 5.69 Å². The number of likely N-dealkylation sites (N-methyl/N-ethyl adjacent to an activating group) is 1. The van der Waals surface area contributed by atoms with Crippen LogP contribution in [0.15, 0.2) is 59.8 Å². The van der Waals surface area contributed by atoms with Gasteiger partial charge in [-0.25, -0.2) is 0 Å². The van der Waals surface area contributed by atoms with Crippen LogP contribution in [0.25, 0.3) is 5.57 Å². The minimum absolute atomic E-state index is 0.0710. The predicted octanol–water partition coefficient (Wildman–Crippen LogP) is 5.38. The second-order valence-electron chi connectivity index (χ2n) is 8.35. The van der Waals surface area contributed by atoms with Gasteiger partial charge >= 0.3 is 0 Å². The number of anilines is 1. The molecule has 0 radical (unpaired) electrons. The molecule has 4 rings (SSSR count). The van der Waals surface area contributed by atoms with Gasteiger partial charge in [0.05, 0.1) is 8.07 Å². The van der Waals surface area contributed by atoms with Crippen LogP contribution in [-0.2, 0) is 15.0 Å². The Morgan fingerprint density at radius 3 is 2.10 bits per heavy atom. The first-order chi connectivity index (χ1) is 14.0. The first kappa shape index (κ1) is 19.8. The van der Waals surface area contributed by atoms with Gasteiger partial charge in [-0.3, -0.25) is 9.59 Å². The van der Waals surface area contributed by atoms with E-state index < -0.39 is 13.5 Å². The van der Waals surface area contributed by atoms with Crippen LogP contribution in [0.5, 0.6) is 0 Å². The van der Waals surface area contributed by atoms with E-state index in [9.17, 15) is 9.59 Å². The number of amides is 1. The highest BCUT2D eigenvalue weighted by atomic mass is 28.3. The summed E-state index contributed by atoms with van der Waals surface area (Å²) < 4.78 is 0. The van der Waals surface area contributed by atoms with E-state index in [2.05, 4.69) is 32.9 Å². The molecule has 29 heavy (non-hydrogen) atoms. The van der Waals surface area contributed by atoms with Gasteiger partial charge in [-0.1, -0.05) is 87.4 Å². The highest BCUT2D eigenvalue weighted by Crippen LogP contribution is 2.55. The van der Waals surface area contributed by atoms with Crippen LogP contribution >= 0.6 is 0 Å². The molecule has 0 unspecified atom stereocenters. The average Bonchev–Trinajstić information content (AvgIpc) is 3.20. The number of fused-ring (bicyclic) bond motifs is 2. The number of benzene rings is 2. The van der Waals surface area contributed by atoms with E-state index in [1.54, 1.807) is 11.9 Å². The molecule has 1 amide bonds. The summed E-state index contributed by atoms with van der Waals surface area (Å²) >= 11 is 0. The van der Waals surface area contributed by atoms with Gasteiger partial charge < -0.3 is 4.90 Å². The molecule has 1 aliphatic carbocycles. The lowest BCUT2D eigenvalue weighted by Gasteiger charge is -2.31. The number of nitrogens with zero attached hydrogens (tertiary/aromatic N) is 1. The van der Waals surface area contributed by atoms with Crippen LogP contribution < -0.4 is 4.90 Å². The maximum absolute atomic E-state index is 14.3. The van der Waals surface area contributed by atoms with Gasteiger partial charge in [-0.2, -0.15) is 0 Å². The third-order valence-electron chi connectivity index (χ3n) is 7.44. The molecular weight excluding hydrogens is 374 g/mol. The number of ketones is 1. The molecule has 0 saturated carbocycles. The summed E-state index contributed by atoms with van der Waals surface area (Å²) in [5, 5.41) is 1.02. The lowest BCUT2D eigenvalue weighted by atomic mass is 9.77. The molecule has 2 aliphatic rings. The molecule has 0 N–H and O–H groups in total.